The first-order valence-electron chi connectivity index (χ1n) is 12.6. The van der Waals surface area contributed by atoms with Crippen LogP contribution >= 0.6 is 0 Å². The van der Waals surface area contributed by atoms with E-state index in [1.807, 2.05) is 24.3 Å². The lowest BCUT2D eigenvalue weighted by molar-refractivity contribution is -0.140. The summed E-state index contributed by atoms with van der Waals surface area (Å²) in [6.07, 6.45) is 4.04. The molecule has 4 rings (SSSR count). The fourth-order valence-corrected chi connectivity index (χ4v) is 4.90. The second-order valence-electron chi connectivity index (χ2n) is 9.27. The smallest absolute Gasteiger partial charge is 0.314 e. The van der Waals surface area contributed by atoms with Crippen LogP contribution < -0.4 is 9.47 Å². The molecule has 36 heavy (non-hydrogen) atoms. The second-order valence-corrected chi connectivity index (χ2v) is 9.27. The normalized spacial score (nSPS) is 17.6. The Morgan fingerprint density at radius 3 is 2.25 bits per heavy atom. The molecule has 190 valence electrons. The highest BCUT2D eigenvalue weighted by atomic mass is 19.2. The van der Waals surface area contributed by atoms with E-state index < -0.39 is 23.4 Å². The Morgan fingerprint density at radius 1 is 0.889 bits per heavy atom. The van der Waals surface area contributed by atoms with E-state index in [1.165, 1.54) is 17.7 Å². The van der Waals surface area contributed by atoms with Crippen molar-refractivity contribution in [3.05, 3.63) is 83.2 Å². The van der Waals surface area contributed by atoms with Gasteiger partial charge in [-0.1, -0.05) is 49.7 Å². The number of carbonyl (C=O) groups excluding carboxylic acids is 1. The molecule has 0 radical (unpaired) electrons. The predicted molar refractivity (Wildman–Crippen MR) is 134 cm³/mol. The van der Waals surface area contributed by atoms with Crippen molar-refractivity contribution in [2.45, 2.75) is 58.3 Å². The molecule has 6 heteroatoms. The Balaban J connectivity index is 1.39. The maximum Gasteiger partial charge on any atom is 0.314 e. The van der Waals surface area contributed by atoms with Gasteiger partial charge in [0.2, 0.25) is 0 Å². The zero-order valence-corrected chi connectivity index (χ0v) is 20.7. The first kappa shape index (κ1) is 25.8. The number of aryl methyl sites for hydroxylation is 1. The van der Waals surface area contributed by atoms with Crippen LogP contribution in [0.15, 0.2) is 54.6 Å². The number of rotatable bonds is 8. The van der Waals surface area contributed by atoms with Crippen LogP contribution in [0.4, 0.5) is 13.2 Å². The lowest BCUT2D eigenvalue weighted by Crippen LogP contribution is -2.25. The average Bonchev–Trinajstić information content (AvgIpc) is 2.88. The van der Waals surface area contributed by atoms with Crippen molar-refractivity contribution in [3.63, 3.8) is 0 Å². The molecule has 0 aliphatic heterocycles. The average molecular weight is 497 g/mol. The number of carbonyl (C=O) groups is 1. The Hall–Kier alpha value is -3.28. The van der Waals surface area contributed by atoms with E-state index >= 15 is 8.78 Å². The van der Waals surface area contributed by atoms with Crippen molar-refractivity contribution in [2.75, 3.05) is 6.61 Å². The molecule has 3 aromatic rings. The highest BCUT2D eigenvalue weighted by molar-refractivity contribution is 5.75. The van der Waals surface area contributed by atoms with E-state index in [4.69, 9.17) is 9.47 Å². The second kappa shape index (κ2) is 11.6. The molecule has 0 heterocycles. The van der Waals surface area contributed by atoms with Gasteiger partial charge in [-0.15, -0.1) is 0 Å². The highest BCUT2D eigenvalue weighted by Crippen LogP contribution is 2.39. The van der Waals surface area contributed by atoms with Crippen LogP contribution in [0.5, 0.6) is 11.5 Å². The van der Waals surface area contributed by atoms with Gasteiger partial charge in [0.15, 0.2) is 23.2 Å². The van der Waals surface area contributed by atoms with Crippen LogP contribution in [0.3, 0.4) is 0 Å². The standard InChI is InChI=1S/C30H31F3O3/c1-3-5-19-6-8-20(9-7-19)24-15-16-25(29(33)28(24)32)21-10-12-22(13-11-21)30(34)36-23-14-17-27(35-4-2)26(31)18-23/h6-9,14-18,21-22H,3-5,10-13H2,1-2H3. The van der Waals surface area contributed by atoms with Gasteiger partial charge in [-0.05, 0) is 73.8 Å². The first-order valence-corrected chi connectivity index (χ1v) is 12.6. The fourth-order valence-electron chi connectivity index (χ4n) is 4.90. The van der Waals surface area contributed by atoms with Gasteiger partial charge in [0.1, 0.15) is 5.75 Å². The summed E-state index contributed by atoms with van der Waals surface area (Å²) in [5, 5.41) is 0. The van der Waals surface area contributed by atoms with Crippen molar-refractivity contribution in [2.24, 2.45) is 5.92 Å². The number of benzene rings is 3. The van der Waals surface area contributed by atoms with Gasteiger partial charge in [-0.25, -0.2) is 13.2 Å². The Morgan fingerprint density at radius 2 is 1.61 bits per heavy atom. The Bertz CT molecular complexity index is 1200. The highest BCUT2D eigenvalue weighted by Gasteiger charge is 2.31. The third kappa shape index (κ3) is 5.75. The van der Waals surface area contributed by atoms with Crippen LogP contribution in [-0.4, -0.2) is 12.6 Å². The minimum Gasteiger partial charge on any atom is -0.491 e. The van der Waals surface area contributed by atoms with E-state index in [9.17, 15) is 9.18 Å². The summed E-state index contributed by atoms with van der Waals surface area (Å²) in [4.78, 5) is 12.6. The van der Waals surface area contributed by atoms with Crippen LogP contribution in [0.25, 0.3) is 11.1 Å². The zero-order chi connectivity index (χ0) is 25.7. The van der Waals surface area contributed by atoms with Crippen LogP contribution in [0.2, 0.25) is 0 Å². The maximum absolute atomic E-state index is 15.1. The van der Waals surface area contributed by atoms with Crippen molar-refractivity contribution in [1.82, 2.24) is 0 Å². The molecule has 0 bridgehead atoms. The molecule has 0 atom stereocenters. The van der Waals surface area contributed by atoms with Gasteiger partial charge >= 0.3 is 5.97 Å². The summed E-state index contributed by atoms with van der Waals surface area (Å²) < 4.78 is 54.7. The van der Waals surface area contributed by atoms with Gasteiger partial charge in [0, 0.05) is 11.6 Å². The van der Waals surface area contributed by atoms with E-state index in [1.54, 1.807) is 19.1 Å². The molecule has 1 fully saturated rings. The molecule has 0 spiro atoms. The number of halogens is 3. The summed E-state index contributed by atoms with van der Waals surface area (Å²) in [5.41, 5.74) is 2.41. The SMILES string of the molecule is CCCc1ccc(-c2ccc(C3CCC(C(=O)Oc4ccc(OCC)c(F)c4)CC3)c(F)c2F)cc1. The van der Waals surface area contributed by atoms with E-state index in [0.717, 1.165) is 18.9 Å². The van der Waals surface area contributed by atoms with Gasteiger partial charge in [-0.2, -0.15) is 0 Å². The third-order valence-electron chi connectivity index (χ3n) is 6.84. The van der Waals surface area contributed by atoms with Crippen LogP contribution in [0.1, 0.15) is 63.0 Å². The Kier molecular flexibility index (Phi) is 8.34. The molecule has 0 amide bonds. The molecule has 3 aromatic carbocycles. The van der Waals surface area contributed by atoms with Crippen LogP contribution in [0, 0.1) is 23.4 Å². The van der Waals surface area contributed by atoms with Crippen molar-refractivity contribution >= 4 is 5.97 Å². The topological polar surface area (TPSA) is 35.5 Å². The molecular formula is C30H31F3O3. The van der Waals surface area contributed by atoms with E-state index in [-0.39, 0.29) is 28.9 Å². The number of hydrogen-bond donors (Lipinski definition) is 0. The maximum atomic E-state index is 15.1. The molecule has 0 N–H and O–H groups in total. The zero-order valence-electron chi connectivity index (χ0n) is 20.7. The quantitative estimate of drug-likeness (QED) is 0.234. The van der Waals surface area contributed by atoms with Gasteiger partial charge in [0.25, 0.3) is 0 Å². The molecule has 0 unspecified atom stereocenters. The summed E-state index contributed by atoms with van der Waals surface area (Å²) in [7, 11) is 0. The molecule has 0 saturated heterocycles. The van der Waals surface area contributed by atoms with Crippen molar-refractivity contribution < 1.29 is 27.4 Å². The lowest BCUT2D eigenvalue weighted by Gasteiger charge is -2.28. The summed E-state index contributed by atoms with van der Waals surface area (Å²) in [5.74, 6) is -3.01. The monoisotopic (exact) mass is 496 g/mol. The van der Waals surface area contributed by atoms with Gasteiger partial charge in [0.05, 0.1) is 12.5 Å². The molecule has 1 aliphatic carbocycles. The number of ether oxygens (including phenoxy) is 2. The molecule has 3 nitrogen and oxygen atoms in total. The summed E-state index contributed by atoms with van der Waals surface area (Å²) in [6.45, 7) is 4.18. The molecular weight excluding hydrogens is 465 g/mol. The summed E-state index contributed by atoms with van der Waals surface area (Å²) >= 11 is 0. The predicted octanol–water partition coefficient (Wildman–Crippen LogP) is 8.00. The first-order chi connectivity index (χ1) is 17.4. The van der Waals surface area contributed by atoms with Crippen molar-refractivity contribution in [1.29, 1.82) is 0 Å². The van der Waals surface area contributed by atoms with Crippen LogP contribution in [-0.2, 0) is 11.2 Å². The largest absolute Gasteiger partial charge is 0.491 e. The van der Waals surface area contributed by atoms with Crippen molar-refractivity contribution in [3.8, 4) is 22.6 Å². The Labute approximate surface area is 210 Å². The number of hydrogen-bond acceptors (Lipinski definition) is 3. The minimum atomic E-state index is -0.838. The molecule has 1 saturated carbocycles. The molecule has 0 aromatic heterocycles. The third-order valence-corrected chi connectivity index (χ3v) is 6.84. The van der Waals surface area contributed by atoms with E-state index in [2.05, 4.69) is 6.92 Å². The van der Waals surface area contributed by atoms with E-state index in [0.29, 0.717) is 43.4 Å². The minimum absolute atomic E-state index is 0.103. The lowest BCUT2D eigenvalue weighted by atomic mass is 9.78. The molecule has 1 aliphatic rings. The summed E-state index contributed by atoms with van der Waals surface area (Å²) in [6, 6.07) is 14.9. The van der Waals surface area contributed by atoms with Gasteiger partial charge < -0.3 is 9.47 Å². The van der Waals surface area contributed by atoms with Gasteiger partial charge in [-0.3, -0.25) is 4.79 Å². The number of esters is 1. The fraction of sp³-hybridized carbons (Fsp3) is 0.367.